The number of halogens is 1. The van der Waals surface area contributed by atoms with Gasteiger partial charge in [0.05, 0.1) is 12.1 Å². The number of likely N-dealkylation sites (N-methyl/N-ethyl adjacent to an activating group) is 1. The first-order valence-electron chi connectivity index (χ1n) is 7.47. The molecule has 1 saturated heterocycles. The Morgan fingerprint density at radius 3 is 2.90 bits per heavy atom. The second-order valence-electron chi connectivity index (χ2n) is 5.49. The number of benzene rings is 1. The van der Waals surface area contributed by atoms with E-state index in [-0.39, 0.29) is 6.10 Å². The summed E-state index contributed by atoms with van der Waals surface area (Å²) in [5.41, 5.74) is 2.51. The molecule has 1 N–H and O–H groups in total. The third-order valence-electron chi connectivity index (χ3n) is 4.00. The minimum atomic E-state index is 0.274. The largest absolute Gasteiger partial charge is 0.376 e. The number of nitrogens with one attached hydrogen (secondary N) is 1. The number of anilines is 1. The molecule has 0 spiro atoms. The Bertz CT molecular complexity index is 438. The molecule has 0 saturated carbocycles. The Morgan fingerprint density at radius 1 is 1.45 bits per heavy atom. The molecule has 0 bridgehead atoms. The second-order valence-corrected chi connectivity index (χ2v) is 5.93. The van der Waals surface area contributed by atoms with Crippen LogP contribution in [0.1, 0.15) is 32.3 Å². The highest BCUT2D eigenvalue weighted by Gasteiger charge is 2.29. The summed E-state index contributed by atoms with van der Waals surface area (Å²) < 4.78 is 5.69. The van der Waals surface area contributed by atoms with Crippen LogP contribution in [0.25, 0.3) is 0 Å². The van der Waals surface area contributed by atoms with Crippen LogP contribution in [0.15, 0.2) is 18.2 Å². The number of rotatable bonds is 6. The van der Waals surface area contributed by atoms with Crippen molar-refractivity contribution >= 4 is 17.3 Å². The Labute approximate surface area is 127 Å². The van der Waals surface area contributed by atoms with Crippen molar-refractivity contribution < 1.29 is 4.74 Å². The molecule has 1 aliphatic heterocycles. The predicted octanol–water partition coefficient (Wildman–Crippen LogP) is 3.45. The predicted molar refractivity (Wildman–Crippen MR) is 85.7 cm³/mol. The highest BCUT2D eigenvalue weighted by Crippen LogP contribution is 2.29. The monoisotopic (exact) mass is 296 g/mol. The zero-order chi connectivity index (χ0) is 14.5. The fourth-order valence-corrected chi connectivity index (χ4v) is 2.99. The summed E-state index contributed by atoms with van der Waals surface area (Å²) in [6.07, 6.45) is 2.49. The molecule has 2 atom stereocenters. The van der Waals surface area contributed by atoms with Gasteiger partial charge in [0, 0.05) is 30.9 Å². The van der Waals surface area contributed by atoms with Gasteiger partial charge in [-0.2, -0.15) is 0 Å². The molecular formula is C16H25ClN2O. The van der Waals surface area contributed by atoms with Gasteiger partial charge in [0.2, 0.25) is 0 Å². The first-order chi connectivity index (χ1) is 9.63. The van der Waals surface area contributed by atoms with E-state index in [1.165, 1.54) is 11.3 Å². The molecule has 0 radical (unpaired) electrons. The van der Waals surface area contributed by atoms with Gasteiger partial charge in [0.15, 0.2) is 0 Å². The van der Waals surface area contributed by atoms with Crippen LogP contribution in [-0.4, -0.2) is 32.3 Å². The van der Waals surface area contributed by atoms with E-state index in [0.717, 1.165) is 37.6 Å². The smallest absolute Gasteiger partial charge is 0.0750 e. The molecule has 3 nitrogen and oxygen atoms in total. The molecule has 0 amide bonds. The van der Waals surface area contributed by atoms with Crippen molar-refractivity contribution in [3.05, 3.63) is 28.8 Å². The Morgan fingerprint density at radius 2 is 2.25 bits per heavy atom. The van der Waals surface area contributed by atoms with Crippen LogP contribution in [0, 0.1) is 0 Å². The average Bonchev–Trinajstić information content (AvgIpc) is 2.86. The van der Waals surface area contributed by atoms with Gasteiger partial charge in [0.25, 0.3) is 0 Å². The molecule has 20 heavy (non-hydrogen) atoms. The van der Waals surface area contributed by atoms with Crippen molar-refractivity contribution in [2.45, 2.75) is 45.4 Å². The first kappa shape index (κ1) is 15.6. The lowest BCUT2D eigenvalue weighted by atomic mass is 10.1. The van der Waals surface area contributed by atoms with Crippen molar-refractivity contribution in [2.75, 3.05) is 25.1 Å². The number of nitrogens with zero attached hydrogens (tertiary/aromatic N) is 1. The summed E-state index contributed by atoms with van der Waals surface area (Å²) in [7, 11) is 2.14. The lowest BCUT2D eigenvalue weighted by molar-refractivity contribution is 0.118. The summed E-state index contributed by atoms with van der Waals surface area (Å²) in [6.45, 7) is 7.09. The summed E-state index contributed by atoms with van der Waals surface area (Å²) in [5, 5.41) is 4.26. The lowest BCUT2D eigenvalue weighted by Crippen LogP contribution is -2.37. The molecule has 1 heterocycles. The van der Waals surface area contributed by atoms with E-state index in [0.29, 0.717) is 6.04 Å². The van der Waals surface area contributed by atoms with Crippen LogP contribution in [-0.2, 0) is 11.3 Å². The minimum Gasteiger partial charge on any atom is -0.376 e. The van der Waals surface area contributed by atoms with E-state index in [1.54, 1.807) is 0 Å². The molecule has 112 valence electrons. The summed E-state index contributed by atoms with van der Waals surface area (Å²) in [6, 6.07) is 6.59. The summed E-state index contributed by atoms with van der Waals surface area (Å²) in [5.74, 6) is 0. The van der Waals surface area contributed by atoms with Gasteiger partial charge in [-0.05, 0) is 44.0 Å². The van der Waals surface area contributed by atoms with Gasteiger partial charge in [0.1, 0.15) is 0 Å². The molecule has 1 fully saturated rings. The van der Waals surface area contributed by atoms with Crippen LogP contribution in [0.2, 0.25) is 5.02 Å². The Balaban J connectivity index is 2.17. The molecule has 0 aromatic heterocycles. The molecule has 2 rings (SSSR count). The van der Waals surface area contributed by atoms with Gasteiger partial charge in [-0.15, -0.1) is 0 Å². The second kappa shape index (κ2) is 7.30. The molecule has 1 aromatic rings. The minimum absolute atomic E-state index is 0.274. The summed E-state index contributed by atoms with van der Waals surface area (Å²) >= 11 is 6.19. The van der Waals surface area contributed by atoms with E-state index < -0.39 is 0 Å². The SMILES string of the molecule is CCCNCc1ccc(Cl)cc1N(C)C1CCOC1C. The molecule has 4 heteroatoms. The van der Waals surface area contributed by atoms with E-state index in [2.05, 4.69) is 43.2 Å². The van der Waals surface area contributed by atoms with Crippen LogP contribution < -0.4 is 10.2 Å². The van der Waals surface area contributed by atoms with Crippen molar-refractivity contribution in [2.24, 2.45) is 0 Å². The Kier molecular flexibility index (Phi) is 5.70. The van der Waals surface area contributed by atoms with Gasteiger partial charge in [-0.1, -0.05) is 24.6 Å². The van der Waals surface area contributed by atoms with Gasteiger partial charge < -0.3 is 15.0 Å². The fourth-order valence-electron chi connectivity index (χ4n) is 2.82. The Hall–Kier alpha value is -0.770. The maximum atomic E-state index is 6.19. The van der Waals surface area contributed by atoms with Crippen LogP contribution in [0.4, 0.5) is 5.69 Å². The summed E-state index contributed by atoms with van der Waals surface area (Å²) in [4.78, 5) is 2.33. The molecule has 1 aliphatic rings. The van der Waals surface area contributed by atoms with Crippen LogP contribution in [0.5, 0.6) is 0 Å². The molecule has 1 aromatic carbocycles. The lowest BCUT2D eigenvalue weighted by Gasteiger charge is -2.31. The zero-order valence-electron chi connectivity index (χ0n) is 12.7. The quantitative estimate of drug-likeness (QED) is 0.814. The van der Waals surface area contributed by atoms with Crippen molar-refractivity contribution in [3.8, 4) is 0 Å². The third-order valence-corrected chi connectivity index (χ3v) is 4.24. The first-order valence-corrected chi connectivity index (χ1v) is 7.85. The van der Waals surface area contributed by atoms with Crippen LogP contribution >= 0.6 is 11.6 Å². The van der Waals surface area contributed by atoms with Crippen molar-refractivity contribution in [1.82, 2.24) is 5.32 Å². The molecule has 0 aliphatic carbocycles. The van der Waals surface area contributed by atoms with Crippen molar-refractivity contribution in [3.63, 3.8) is 0 Å². The van der Waals surface area contributed by atoms with E-state index in [9.17, 15) is 0 Å². The molecular weight excluding hydrogens is 272 g/mol. The highest BCUT2D eigenvalue weighted by molar-refractivity contribution is 6.30. The van der Waals surface area contributed by atoms with Gasteiger partial charge in [-0.25, -0.2) is 0 Å². The van der Waals surface area contributed by atoms with Gasteiger partial charge >= 0.3 is 0 Å². The third kappa shape index (κ3) is 3.66. The van der Waals surface area contributed by atoms with Crippen molar-refractivity contribution in [1.29, 1.82) is 0 Å². The van der Waals surface area contributed by atoms with E-state index in [1.807, 2.05) is 6.07 Å². The maximum absolute atomic E-state index is 6.19. The zero-order valence-corrected chi connectivity index (χ0v) is 13.4. The van der Waals surface area contributed by atoms with Crippen LogP contribution in [0.3, 0.4) is 0 Å². The number of hydrogen-bond acceptors (Lipinski definition) is 3. The van der Waals surface area contributed by atoms with E-state index >= 15 is 0 Å². The topological polar surface area (TPSA) is 24.5 Å². The fraction of sp³-hybridized carbons (Fsp3) is 0.625. The number of hydrogen-bond donors (Lipinski definition) is 1. The normalized spacial score (nSPS) is 22.2. The highest BCUT2D eigenvalue weighted by atomic mass is 35.5. The van der Waals surface area contributed by atoms with Gasteiger partial charge in [-0.3, -0.25) is 0 Å². The van der Waals surface area contributed by atoms with E-state index in [4.69, 9.17) is 16.3 Å². The molecule has 2 unspecified atom stereocenters. The maximum Gasteiger partial charge on any atom is 0.0750 e. The number of ether oxygens (including phenoxy) is 1. The standard InChI is InChI=1S/C16H25ClN2O/c1-4-8-18-11-13-5-6-14(17)10-16(13)19(3)15-7-9-20-12(15)2/h5-6,10,12,15,18H,4,7-9,11H2,1-3H3. The average molecular weight is 297 g/mol.